The fourth-order valence-electron chi connectivity index (χ4n) is 5.41. The van der Waals surface area contributed by atoms with E-state index in [0.717, 1.165) is 4.90 Å². The summed E-state index contributed by atoms with van der Waals surface area (Å²) in [5.41, 5.74) is 7.22. The van der Waals surface area contributed by atoms with Crippen LogP contribution in [-0.2, 0) is 16.1 Å². The van der Waals surface area contributed by atoms with Crippen LogP contribution in [0.1, 0.15) is 29.2 Å². The number of nitrogens with one attached hydrogen (secondary N) is 1. The van der Waals surface area contributed by atoms with Crippen molar-refractivity contribution >= 4 is 17.6 Å². The predicted octanol–water partition coefficient (Wildman–Crippen LogP) is 2.68. The zero-order chi connectivity index (χ0) is 22.8. The summed E-state index contributed by atoms with van der Waals surface area (Å²) in [5, 5.41) is 7.55. The molecule has 2 aromatic rings. The fourth-order valence-corrected chi connectivity index (χ4v) is 5.41. The molecular formula is C23H21F3N4O2. The maximum atomic E-state index is 14.4. The van der Waals surface area contributed by atoms with Gasteiger partial charge in [0.05, 0.1) is 24.9 Å². The maximum absolute atomic E-state index is 14.4. The van der Waals surface area contributed by atoms with E-state index in [2.05, 4.69) is 0 Å². The van der Waals surface area contributed by atoms with Crippen molar-refractivity contribution in [2.45, 2.75) is 31.0 Å². The smallest absolute Gasteiger partial charge is 0.262 e. The standard InChI is InChI=1S/C23H21F3N4O2/c24-15-7-1-12(2-8-15)10-29-21(31)17-16-9-23(25,26)11-30(16)19(18(17)22(29)32)13-3-5-14(6-4-13)20(27)28/h1-8,16-19H,9-11H2,(H3,27,28)/t16-,17+,18+,19+/m1/s1. The number of amides is 2. The van der Waals surface area contributed by atoms with E-state index in [9.17, 15) is 22.8 Å². The summed E-state index contributed by atoms with van der Waals surface area (Å²) >= 11 is 0. The highest BCUT2D eigenvalue weighted by molar-refractivity contribution is 6.06. The summed E-state index contributed by atoms with van der Waals surface area (Å²) in [6, 6.07) is 10.7. The number of imide groups is 1. The van der Waals surface area contributed by atoms with Gasteiger partial charge in [-0.15, -0.1) is 0 Å². The van der Waals surface area contributed by atoms with Crippen LogP contribution in [0, 0.1) is 23.1 Å². The van der Waals surface area contributed by atoms with E-state index in [1.54, 1.807) is 29.2 Å². The Bertz CT molecular complexity index is 1100. The normalized spacial score (nSPS) is 28.8. The molecule has 6 nitrogen and oxygen atoms in total. The first-order chi connectivity index (χ1) is 15.2. The second kappa shape index (κ2) is 7.16. The number of nitrogens with two attached hydrogens (primary N) is 1. The molecule has 166 valence electrons. The molecule has 0 spiro atoms. The number of rotatable bonds is 4. The number of alkyl halides is 2. The van der Waals surface area contributed by atoms with Crippen molar-refractivity contribution in [2.75, 3.05) is 6.54 Å². The lowest BCUT2D eigenvalue weighted by Gasteiger charge is -2.28. The molecule has 0 unspecified atom stereocenters. The third-order valence-corrected chi connectivity index (χ3v) is 6.77. The Morgan fingerprint density at radius 3 is 2.28 bits per heavy atom. The molecule has 4 atom stereocenters. The molecule has 3 heterocycles. The number of benzene rings is 2. The second-order valence-corrected chi connectivity index (χ2v) is 8.72. The molecule has 0 saturated carbocycles. The van der Waals surface area contributed by atoms with Gasteiger partial charge >= 0.3 is 0 Å². The lowest BCUT2D eigenvalue weighted by atomic mass is 9.84. The lowest BCUT2D eigenvalue weighted by molar-refractivity contribution is -0.142. The number of carbonyl (C=O) groups is 2. The zero-order valence-electron chi connectivity index (χ0n) is 17.0. The molecule has 9 heteroatoms. The van der Waals surface area contributed by atoms with Gasteiger partial charge in [0.15, 0.2) is 0 Å². The van der Waals surface area contributed by atoms with Gasteiger partial charge in [-0.1, -0.05) is 36.4 Å². The molecule has 0 bridgehead atoms. The summed E-state index contributed by atoms with van der Waals surface area (Å²) in [6.07, 6.45) is -0.473. The van der Waals surface area contributed by atoms with E-state index in [1.165, 1.54) is 24.3 Å². The van der Waals surface area contributed by atoms with Crippen molar-refractivity contribution in [3.8, 4) is 0 Å². The van der Waals surface area contributed by atoms with Crippen LogP contribution in [0.2, 0.25) is 0 Å². The molecule has 3 saturated heterocycles. The van der Waals surface area contributed by atoms with Gasteiger partial charge in [0.2, 0.25) is 11.8 Å². The first-order valence-electron chi connectivity index (χ1n) is 10.3. The van der Waals surface area contributed by atoms with Crippen molar-refractivity contribution in [1.29, 1.82) is 5.41 Å². The molecule has 32 heavy (non-hydrogen) atoms. The zero-order valence-corrected chi connectivity index (χ0v) is 17.0. The lowest BCUT2D eigenvalue weighted by Crippen LogP contribution is -2.39. The number of hydrogen-bond donors (Lipinski definition) is 2. The number of likely N-dealkylation sites (tertiary alicyclic amines) is 1. The van der Waals surface area contributed by atoms with Crippen molar-refractivity contribution in [3.05, 3.63) is 71.0 Å². The van der Waals surface area contributed by atoms with Gasteiger partial charge in [0.25, 0.3) is 5.92 Å². The van der Waals surface area contributed by atoms with E-state index in [4.69, 9.17) is 11.1 Å². The molecule has 3 aliphatic heterocycles. The Morgan fingerprint density at radius 1 is 1.03 bits per heavy atom. The molecule has 3 fully saturated rings. The van der Waals surface area contributed by atoms with Crippen LogP contribution in [0.3, 0.4) is 0 Å². The Hall–Kier alpha value is -3.20. The largest absolute Gasteiger partial charge is 0.384 e. The number of carbonyl (C=O) groups excluding carboxylic acids is 2. The molecule has 0 radical (unpaired) electrons. The minimum atomic E-state index is -2.94. The number of hydrogen-bond acceptors (Lipinski definition) is 4. The van der Waals surface area contributed by atoms with Crippen LogP contribution >= 0.6 is 0 Å². The van der Waals surface area contributed by atoms with Crippen LogP contribution < -0.4 is 5.73 Å². The van der Waals surface area contributed by atoms with Gasteiger partial charge in [-0.2, -0.15) is 0 Å². The summed E-state index contributed by atoms with van der Waals surface area (Å²) in [6.45, 7) is -0.535. The monoisotopic (exact) mass is 442 g/mol. The number of nitrogen functional groups attached to an aromatic ring is 1. The van der Waals surface area contributed by atoms with Gasteiger partial charge < -0.3 is 5.73 Å². The molecule has 2 aromatic carbocycles. The molecule has 5 rings (SSSR count). The summed E-state index contributed by atoms with van der Waals surface area (Å²) < 4.78 is 41.9. The van der Waals surface area contributed by atoms with Crippen molar-refractivity contribution in [3.63, 3.8) is 0 Å². The minimum absolute atomic E-state index is 0.0238. The third-order valence-electron chi connectivity index (χ3n) is 6.77. The number of amidine groups is 1. The van der Waals surface area contributed by atoms with Crippen molar-refractivity contribution in [1.82, 2.24) is 9.80 Å². The molecule has 3 N–H and O–H groups in total. The first kappa shape index (κ1) is 20.7. The summed E-state index contributed by atoms with van der Waals surface area (Å²) in [4.78, 5) is 29.3. The summed E-state index contributed by atoms with van der Waals surface area (Å²) in [7, 11) is 0. The molecule has 0 aromatic heterocycles. The molecule has 3 aliphatic rings. The Balaban J connectivity index is 1.51. The van der Waals surface area contributed by atoms with Crippen LogP contribution in [0.5, 0.6) is 0 Å². The van der Waals surface area contributed by atoms with Gasteiger partial charge in [-0.3, -0.25) is 24.8 Å². The van der Waals surface area contributed by atoms with Crippen molar-refractivity contribution in [2.24, 2.45) is 17.6 Å². The Labute approximate surface area is 182 Å². The summed E-state index contributed by atoms with van der Waals surface area (Å²) in [5.74, 6) is -5.98. The number of halogens is 3. The highest BCUT2D eigenvalue weighted by Gasteiger charge is 2.66. The third kappa shape index (κ3) is 3.19. The van der Waals surface area contributed by atoms with Crippen LogP contribution in [0.15, 0.2) is 48.5 Å². The van der Waals surface area contributed by atoms with Gasteiger partial charge in [0.1, 0.15) is 11.7 Å². The van der Waals surface area contributed by atoms with E-state index in [0.29, 0.717) is 16.7 Å². The Morgan fingerprint density at radius 2 is 1.66 bits per heavy atom. The molecule has 2 amide bonds. The second-order valence-electron chi connectivity index (χ2n) is 8.72. The van der Waals surface area contributed by atoms with E-state index >= 15 is 0 Å². The minimum Gasteiger partial charge on any atom is -0.384 e. The van der Waals surface area contributed by atoms with Gasteiger partial charge in [-0.05, 0) is 23.3 Å². The SMILES string of the molecule is N=C(N)c1ccc([C@H]2[C@H]3C(=O)N(Cc4ccc(F)cc4)C(=O)[C@H]3[C@H]3CC(F)(F)CN32)cc1. The van der Waals surface area contributed by atoms with Crippen LogP contribution in [0.25, 0.3) is 0 Å². The highest BCUT2D eigenvalue weighted by atomic mass is 19.3. The maximum Gasteiger partial charge on any atom is 0.262 e. The van der Waals surface area contributed by atoms with E-state index in [-0.39, 0.29) is 12.4 Å². The van der Waals surface area contributed by atoms with Crippen molar-refractivity contribution < 1.29 is 22.8 Å². The highest BCUT2D eigenvalue weighted by Crippen LogP contribution is 2.55. The van der Waals surface area contributed by atoms with E-state index in [1.807, 2.05) is 0 Å². The topological polar surface area (TPSA) is 90.5 Å². The molecular weight excluding hydrogens is 421 g/mol. The average molecular weight is 442 g/mol. The van der Waals surface area contributed by atoms with Gasteiger partial charge in [0, 0.05) is 24.1 Å². The predicted molar refractivity (Wildman–Crippen MR) is 109 cm³/mol. The van der Waals surface area contributed by atoms with Crippen LogP contribution in [0.4, 0.5) is 13.2 Å². The quantitative estimate of drug-likeness (QED) is 0.433. The first-order valence-corrected chi connectivity index (χ1v) is 10.3. The van der Waals surface area contributed by atoms with E-state index < -0.39 is 60.4 Å². The molecule has 0 aliphatic carbocycles. The fraction of sp³-hybridized carbons (Fsp3) is 0.348. The van der Waals surface area contributed by atoms with Gasteiger partial charge in [-0.25, -0.2) is 13.2 Å². The van der Waals surface area contributed by atoms with Crippen LogP contribution in [-0.4, -0.2) is 46.0 Å². The number of fused-ring (bicyclic) bond motifs is 3. The average Bonchev–Trinajstić information content (AvgIpc) is 3.30. The number of nitrogens with zero attached hydrogens (tertiary/aromatic N) is 2. The Kier molecular flexibility index (Phi) is 4.63.